The van der Waals surface area contributed by atoms with Gasteiger partial charge in [0.05, 0.1) is 5.41 Å². The highest BCUT2D eigenvalue weighted by Crippen LogP contribution is 2.57. The summed E-state index contributed by atoms with van der Waals surface area (Å²) < 4.78 is 77.4. The van der Waals surface area contributed by atoms with Crippen LogP contribution in [0, 0.1) is 13.8 Å². The van der Waals surface area contributed by atoms with E-state index >= 15 is 0 Å². The highest BCUT2D eigenvalue weighted by molar-refractivity contribution is 6.97. The highest BCUT2D eigenvalue weighted by atomic mass is 28.5. The van der Waals surface area contributed by atoms with Gasteiger partial charge in [0.1, 0.15) is 34.5 Å². The molecular formula is C79H100O15Si8. The first-order chi connectivity index (χ1) is 47.4. The van der Waals surface area contributed by atoms with Gasteiger partial charge in [0, 0.05) is 22.2 Å². The van der Waals surface area contributed by atoms with Crippen molar-refractivity contribution in [2.24, 2.45) is 0 Å². The van der Waals surface area contributed by atoms with Crippen LogP contribution in [0.3, 0.4) is 0 Å². The lowest BCUT2D eigenvalue weighted by Gasteiger charge is -2.41. The van der Waals surface area contributed by atoms with Crippen LogP contribution >= 0.6 is 0 Å². The molecule has 8 aromatic carbocycles. The lowest BCUT2D eigenvalue weighted by atomic mass is 9.67. The second-order valence-electron chi connectivity index (χ2n) is 31.6. The van der Waals surface area contributed by atoms with Gasteiger partial charge in [-0.05, 0) is 241 Å². The van der Waals surface area contributed by atoms with Gasteiger partial charge in [0.2, 0.25) is 0 Å². The number of rotatable bonds is 26. The summed E-state index contributed by atoms with van der Waals surface area (Å²) in [7, 11) is -20.0. The van der Waals surface area contributed by atoms with Gasteiger partial charge in [-0.1, -0.05) is 154 Å². The summed E-state index contributed by atoms with van der Waals surface area (Å²) in [5.41, 5.74) is 11.8. The van der Waals surface area contributed by atoms with E-state index in [4.69, 9.17) is 53.1 Å². The Bertz CT molecular complexity index is 4400. The van der Waals surface area contributed by atoms with Crippen LogP contribution < -0.4 is 28.4 Å². The van der Waals surface area contributed by atoms with E-state index in [0.29, 0.717) is 45.2 Å². The molecule has 0 fully saturated rings. The monoisotopic (exact) mass is 1510 g/mol. The molecule has 0 saturated heterocycles. The second kappa shape index (κ2) is 30.3. The van der Waals surface area contributed by atoms with Crippen molar-refractivity contribution in [1.29, 1.82) is 0 Å². The Morgan fingerprint density at radius 3 is 1.24 bits per heavy atom. The molecule has 0 aromatic heterocycles. The Balaban J connectivity index is 0.910. The van der Waals surface area contributed by atoms with E-state index in [1.165, 1.54) is 0 Å². The molecule has 9 rings (SSSR count). The van der Waals surface area contributed by atoms with Crippen molar-refractivity contribution in [2.75, 3.05) is 0 Å². The molecule has 538 valence electrons. The fourth-order valence-electron chi connectivity index (χ4n) is 13.9. The van der Waals surface area contributed by atoms with Gasteiger partial charge in [-0.25, -0.2) is 14.4 Å². The van der Waals surface area contributed by atoms with Gasteiger partial charge in [-0.15, -0.1) is 5.73 Å². The predicted octanol–water partition coefficient (Wildman–Crippen LogP) is 21.5. The first-order valence-corrected chi connectivity index (χ1v) is 58.6. The summed E-state index contributed by atoms with van der Waals surface area (Å²) in [5.74, 6) is 1.78. The molecule has 0 heterocycles. The van der Waals surface area contributed by atoms with Crippen molar-refractivity contribution in [2.45, 2.75) is 162 Å². The Labute approximate surface area is 612 Å². The number of hydrogen-bond donors (Lipinski definition) is 0. The predicted molar refractivity (Wildman–Crippen MR) is 425 cm³/mol. The molecule has 0 radical (unpaired) electrons. The summed E-state index contributed by atoms with van der Waals surface area (Å²) >= 11 is 0. The maximum absolute atomic E-state index is 14.3. The van der Waals surface area contributed by atoms with Crippen LogP contribution in [0.25, 0.3) is 16.3 Å². The second-order valence-corrected chi connectivity index (χ2v) is 64.0. The standard InChI is InChI=1S/C79H100O15Si8/c1-24-74(102(23,92-98(15,16)17)94-100(20,21)90-96(9,10)11)67-36-28-32-40-71(67)86-75(80)83-63-49-45-59(46-50-63)78(4,5)60-47-51-64(52-48-60)84-76(81)87-72-53-61(43-41-56(72)2)79(68-37-29-26-34-65(68)66-35-27-30-38-69(66)79)62-44-42-57(3)73(54-62)88-77(82)85-70-39-31-25-33-58(70)55-101(22,91-97(12,13)14)93-99(18,19)89-95(6,7)8/h25-54H,1,55H2,2-23H3. The lowest BCUT2D eigenvalue weighted by Crippen LogP contribution is -2.58. The Kier molecular flexibility index (Phi) is 23.4. The maximum Gasteiger partial charge on any atom is 0.519 e. The molecule has 0 saturated carbocycles. The van der Waals surface area contributed by atoms with Crippen LogP contribution in [0.1, 0.15) is 69.5 Å². The van der Waals surface area contributed by atoms with Crippen LogP contribution in [-0.2, 0) is 41.6 Å². The van der Waals surface area contributed by atoms with E-state index in [1.807, 2.05) is 143 Å². The Morgan fingerprint density at radius 2 is 0.784 bits per heavy atom. The van der Waals surface area contributed by atoms with Gasteiger partial charge < -0.3 is 53.1 Å². The summed E-state index contributed by atoms with van der Waals surface area (Å²) in [6, 6.07) is 57.9. The Hall–Kier alpha value is -7.41. The van der Waals surface area contributed by atoms with Gasteiger partial charge in [0.15, 0.2) is 33.3 Å². The average molecular weight is 1510 g/mol. The van der Waals surface area contributed by atoms with E-state index in [0.717, 1.165) is 50.1 Å². The number of aryl methyl sites for hydroxylation is 2. The number of para-hydroxylation sites is 2. The molecule has 1 aliphatic carbocycles. The molecule has 8 aromatic rings. The number of hydrogen-bond acceptors (Lipinski definition) is 15. The first kappa shape index (κ1) is 78.7. The smallest absolute Gasteiger partial charge is 0.437 e. The molecule has 1 aliphatic rings. The summed E-state index contributed by atoms with van der Waals surface area (Å²) in [6.07, 6.45) is -2.75. The summed E-state index contributed by atoms with van der Waals surface area (Å²) in [6.45, 7) is 50.0. The minimum absolute atomic E-state index is 0.252. The minimum Gasteiger partial charge on any atom is -0.437 e. The molecule has 0 bridgehead atoms. The lowest BCUT2D eigenvalue weighted by molar-refractivity contribution is 0.150. The van der Waals surface area contributed by atoms with Crippen molar-refractivity contribution >= 4 is 91.2 Å². The van der Waals surface area contributed by atoms with Gasteiger partial charge in [-0.2, -0.15) is 0 Å². The molecular weight excluding hydrogens is 1410 g/mol. The largest absolute Gasteiger partial charge is 0.519 e. The zero-order valence-electron chi connectivity index (χ0n) is 63.4. The average Bonchev–Trinajstić information content (AvgIpc) is 1.53. The van der Waals surface area contributed by atoms with Crippen molar-refractivity contribution in [3.8, 4) is 45.6 Å². The normalized spacial score (nSPS) is 14.4. The topological polar surface area (TPSA) is 162 Å². The molecule has 0 spiro atoms. The quantitative estimate of drug-likeness (QED) is 0.0218. The SMILES string of the molecule is C=C=C(c1ccccc1OC(=O)Oc1ccc(C(C)(C)c2ccc(OC(=O)Oc3cc(C4(c5ccc(C)c(OC(=O)Oc6ccccc6C[Si](C)(O[Si](C)(C)C)O[Si](C)(C)O[Si](C)(C)C)c5)c5ccccc5-c5ccccc54)ccc3C)cc2)cc1)[Si](C)(O[Si](C)(C)C)O[Si](C)(C)O[Si](C)(C)C. The number of carbonyl (C=O) groups is 3. The van der Waals surface area contributed by atoms with Crippen molar-refractivity contribution in [3.05, 3.63) is 250 Å². The fraction of sp³-hybridized carbons (Fsp3) is 0.316. The van der Waals surface area contributed by atoms with E-state index in [-0.39, 0.29) is 17.2 Å². The zero-order chi connectivity index (χ0) is 74.8. The third kappa shape index (κ3) is 19.5. The molecule has 2 atom stereocenters. The van der Waals surface area contributed by atoms with E-state index in [9.17, 15) is 14.4 Å². The molecule has 0 N–H and O–H groups in total. The van der Waals surface area contributed by atoms with E-state index in [2.05, 4.69) is 155 Å². The van der Waals surface area contributed by atoms with Gasteiger partial charge in [0.25, 0.3) is 0 Å². The van der Waals surface area contributed by atoms with Gasteiger partial charge >= 0.3 is 52.7 Å². The highest BCUT2D eigenvalue weighted by Gasteiger charge is 2.51. The van der Waals surface area contributed by atoms with Crippen molar-refractivity contribution in [3.63, 3.8) is 0 Å². The molecule has 15 nitrogen and oxygen atoms in total. The number of fused-ring (bicyclic) bond motifs is 3. The van der Waals surface area contributed by atoms with Crippen LogP contribution in [0.15, 0.2) is 194 Å². The van der Waals surface area contributed by atoms with E-state index < -0.39 is 96.8 Å². The molecule has 0 amide bonds. The zero-order valence-corrected chi connectivity index (χ0v) is 71.4. The fourth-order valence-corrected chi connectivity index (χ4v) is 49.0. The first-order valence-electron chi connectivity index (χ1n) is 34.5. The van der Waals surface area contributed by atoms with Crippen molar-refractivity contribution < 1.29 is 67.5 Å². The summed E-state index contributed by atoms with van der Waals surface area (Å²) in [4.78, 5) is 42.0. The van der Waals surface area contributed by atoms with Crippen LogP contribution in [0.5, 0.6) is 34.5 Å². The maximum atomic E-state index is 14.3. The molecule has 102 heavy (non-hydrogen) atoms. The number of carbonyl (C=O) groups excluding carboxylic acids is 3. The number of benzene rings is 8. The number of ether oxygens (including phenoxy) is 6. The molecule has 2 unspecified atom stereocenters. The minimum atomic E-state index is -3.30. The third-order valence-electron chi connectivity index (χ3n) is 16.8. The van der Waals surface area contributed by atoms with Crippen LogP contribution in [-0.4, -0.2) is 86.0 Å². The van der Waals surface area contributed by atoms with Crippen LogP contribution in [0.2, 0.25) is 118 Å². The summed E-state index contributed by atoms with van der Waals surface area (Å²) in [5, 5.41) is 0.609. The van der Waals surface area contributed by atoms with Gasteiger partial charge in [-0.3, -0.25) is 0 Å². The molecule has 0 aliphatic heterocycles. The third-order valence-corrected chi connectivity index (χ3v) is 43.4. The van der Waals surface area contributed by atoms with Crippen LogP contribution in [0.4, 0.5) is 14.4 Å². The molecule has 23 heteroatoms. The Morgan fingerprint density at radius 1 is 0.402 bits per heavy atom. The van der Waals surface area contributed by atoms with Crippen molar-refractivity contribution in [1.82, 2.24) is 0 Å². The van der Waals surface area contributed by atoms with E-state index in [1.54, 1.807) is 42.5 Å².